The van der Waals surface area contributed by atoms with Crippen LogP contribution >= 0.6 is 0 Å². The van der Waals surface area contributed by atoms with Crippen molar-refractivity contribution in [2.75, 3.05) is 19.8 Å². The Morgan fingerprint density at radius 3 is 2.57 bits per heavy atom. The average molecular weight is 371 g/mol. The van der Waals surface area contributed by atoms with Gasteiger partial charge in [-0.2, -0.15) is 0 Å². The van der Waals surface area contributed by atoms with Gasteiger partial charge in [-0.3, -0.25) is 10.2 Å². The molecule has 0 radical (unpaired) electrons. The standard InChI is InChI=1S/C24H26N4/c1-2-6-18(7-3-1)19-12-14-28(15-13-19)17-25-16-23-26-22-11-10-20-8-4-5-9-21(20)24(22)27-23/h1-11,19,25H,12-17H2,(H,26,27). The van der Waals surface area contributed by atoms with Crippen molar-refractivity contribution < 1.29 is 0 Å². The van der Waals surface area contributed by atoms with Crippen LogP contribution in [0.3, 0.4) is 0 Å². The van der Waals surface area contributed by atoms with Crippen LogP contribution in [0.1, 0.15) is 30.1 Å². The van der Waals surface area contributed by atoms with Gasteiger partial charge < -0.3 is 4.98 Å². The van der Waals surface area contributed by atoms with Crippen molar-refractivity contribution in [2.45, 2.75) is 25.3 Å². The molecule has 2 N–H and O–H groups in total. The second kappa shape index (κ2) is 7.74. The molecule has 4 nitrogen and oxygen atoms in total. The van der Waals surface area contributed by atoms with Gasteiger partial charge in [0.05, 0.1) is 17.6 Å². The average Bonchev–Trinajstić information content (AvgIpc) is 3.18. The molecule has 0 spiro atoms. The molecule has 1 aliphatic heterocycles. The van der Waals surface area contributed by atoms with E-state index in [0.717, 1.165) is 43.2 Å². The third-order valence-corrected chi connectivity index (χ3v) is 5.91. The van der Waals surface area contributed by atoms with Gasteiger partial charge in [-0.1, -0.05) is 60.7 Å². The zero-order chi connectivity index (χ0) is 18.8. The van der Waals surface area contributed by atoms with Gasteiger partial charge in [0.25, 0.3) is 0 Å². The summed E-state index contributed by atoms with van der Waals surface area (Å²) < 4.78 is 0. The minimum absolute atomic E-state index is 0.709. The number of aromatic nitrogens is 2. The van der Waals surface area contributed by atoms with Crippen LogP contribution in [-0.4, -0.2) is 34.6 Å². The minimum atomic E-state index is 0.709. The number of rotatable bonds is 5. The molecule has 5 rings (SSSR count). The molecular formula is C24H26N4. The third-order valence-electron chi connectivity index (χ3n) is 5.91. The molecule has 3 aromatic carbocycles. The molecule has 0 unspecified atom stereocenters. The highest BCUT2D eigenvalue weighted by molar-refractivity contribution is 6.04. The van der Waals surface area contributed by atoms with Gasteiger partial charge in [-0.15, -0.1) is 0 Å². The maximum Gasteiger partial charge on any atom is 0.121 e. The highest BCUT2D eigenvalue weighted by atomic mass is 15.2. The number of likely N-dealkylation sites (tertiary alicyclic amines) is 1. The van der Waals surface area contributed by atoms with E-state index < -0.39 is 0 Å². The molecule has 4 heteroatoms. The first kappa shape index (κ1) is 17.4. The number of imidazole rings is 1. The van der Waals surface area contributed by atoms with Crippen LogP contribution in [0, 0.1) is 0 Å². The molecule has 1 saturated heterocycles. The smallest absolute Gasteiger partial charge is 0.121 e. The summed E-state index contributed by atoms with van der Waals surface area (Å²) in [5.41, 5.74) is 3.67. The van der Waals surface area contributed by atoms with E-state index in [9.17, 15) is 0 Å². The predicted molar refractivity (Wildman–Crippen MR) is 115 cm³/mol. The molecule has 1 aliphatic rings. The normalized spacial score (nSPS) is 16.1. The molecule has 0 bridgehead atoms. The molecule has 1 aromatic heterocycles. The lowest BCUT2D eigenvalue weighted by Gasteiger charge is -2.32. The number of piperidine rings is 1. The second-order valence-electron chi connectivity index (χ2n) is 7.75. The third kappa shape index (κ3) is 3.53. The zero-order valence-corrected chi connectivity index (χ0v) is 16.1. The molecule has 0 saturated carbocycles. The highest BCUT2D eigenvalue weighted by Crippen LogP contribution is 2.27. The summed E-state index contributed by atoms with van der Waals surface area (Å²) in [6, 6.07) is 23.7. The van der Waals surface area contributed by atoms with Crippen molar-refractivity contribution >= 4 is 21.8 Å². The van der Waals surface area contributed by atoms with Crippen LogP contribution in [0.25, 0.3) is 21.8 Å². The molecule has 1 fully saturated rings. The number of fused-ring (bicyclic) bond motifs is 3. The van der Waals surface area contributed by atoms with Crippen molar-refractivity contribution in [1.82, 2.24) is 20.2 Å². The lowest BCUT2D eigenvalue weighted by Crippen LogP contribution is -2.39. The fraction of sp³-hybridized carbons (Fsp3) is 0.292. The van der Waals surface area contributed by atoms with Gasteiger partial charge in [0.2, 0.25) is 0 Å². The van der Waals surface area contributed by atoms with E-state index in [2.05, 4.69) is 81.9 Å². The lowest BCUT2D eigenvalue weighted by molar-refractivity contribution is 0.196. The first-order valence-electron chi connectivity index (χ1n) is 10.2. The number of aromatic amines is 1. The molecular weight excluding hydrogens is 344 g/mol. The van der Waals surface area contributed by atoms with Crippen LogP contribution in [0.15, 0.2) is 66.7 Å². The maximum absolute atomic E-state index is 4.84. The summed E-state index contributed by atoms with van der Waals surface area (Å²) in [7, 11) is 0. The second-order valence-corrected chi connectivity index (χ2v) is 7.75. The van der Waals surface area contributed by atoms with E-state index in [1.54, 1.807) is 0 Å². The van der Waals surface area contributed by atoms with Crippen LogP contribution in [-0.2, 0) is 6.54 Å². The van der Waals surface area contributed by atoms with Crippen LogP contribution in [0.5, 0.6) is 0 Å². The number of nitrogens with one attached hydrogen (secondary N) is 2. The van der Waals surface area contributed by atoms with E-state index in [1.807, 2.05) is 0 Å². The Morgan fingerprint density at radius 2 is 1.71 bits per heavy atom. The molecule has 28 heavy (non-hydrogen) atoms. The Labute approximate surface area is 165 Å². The van der Waals surface area contributed by atoms with Gasteiger partial charge >= 0.3 is 0 Å². The Balaban J connectivity index is 1.17. The molecule has 0 aliphatic carbocycles. The summed E-state index contributed by atoms with van der Waals surface area (Å²) >= 11 is 0. The van der Waals surface area contributed by atoms with Gasteiger partial charge in [-0.25, -0.2) is 4.98 Å². The van der Waals surface area contributed by atoms with E-state index in [-0.39, 0.29) is 0 Å². The Kier molecular flexibility index (Phi) is 4.81. The Bertz CT molecular complexity index is 1060. The Morgan fingerprint density at radius 1 is 0.929 bits per heavy atom. The SMILES string of the molecule is c1ccc(C2CCN(CNCc3nc4c(ccc5ccccc54)[nH]3)CC2)cc1. The van der Waals surface area contributed by atoms with Gasteiger partial charge in [0, 0.05) is 12.1 Å². The highest BCUT2D eigenvalue weighted by Gasteiger charge is 2.20. The van der Waals surface area contributed by atoms with Gasteiger partial charge in [0.1, 0.15) is 5.82 Å². The van der Waals surface area contributed by atoms with Crippen molar-refractivity contribution in [3.8, 4) is 0 Å². The summed E-state index contributed by atoms with van der Waals surface area (Å²) in [6.07, 6.45) is 2.48. The number of nitrogens with zero attached hydrogens (tertiary/aromatic N) is 2. The fourth-order valence-corrected chi connectivity index (χ4v) is 4.36. The quantitative estimate of drug-likeness (QED) is 0.538. The van der Waals surface area contributed by atoms with E-state index in [0.29, 0.717) is 5.92 Å². The first-order valence-corrected chi connectivity index (χ1v) is 10.2. The largest absolute Gasteiger partial charge is 0.341 e. The lowest BCUT2D eigenvalue weighted by atomic mass is 9.90. The van der Waals surface area contributed by atoms with Crippen LogP contribution in [0.2, 0.25) is 0 Å². The molecule has 4 aromatic rings. The first-order chi connectivity index (χ1) is 13.9. The topological polar surface area (TPSA) is 44.0 Å². The van der Waals surface area contributed by atoms with Crippen molar-refractivity contribution in [3.05, 3.63) is 78.1 Å². The van der Waals surface area contributed by atoms with Gasteiger partial charge in [-0.05, 0) is 48.9 Å². The summed E-state index contributed by atoms with van der Waals surface area (Å²) in [5.74, 6) is 1.71. The monoisotopic (exact) mass is 370 g/mol. The van der Waals surface area contributed by atoms with Gasteiger partial charge in [0.15, 0.2) is 0 Å². The van der Waals surface area contributed by atoms with E-state index >= 15 is 0 Å². The number of H-pyrrole nitrogens is 1. The van der Waals surface area contributed by atoms with E-state index in [1.165, 1.54) is 29.2 Å². The molecule has 142 valence electrons. The fourth-order valence-electron chi connectivity index (χ4n) is 4.36. The molecule has 0 atom stereocenters. The molecule has 2 heterocycles. The number of benzene rings is 3. The summed E-state index contributed by atoms with van der Waals surface area (Å²) in [6.45, 7) is 3.98. The zero-order valence-electron chi connectivity index (χ0n) is 16.1. The molecule has 0 amide bonds. The minimum Gasteiger partial charge on any atom is -0.341 e. The number of hydrogen-bond donors (Lipinski definition) is 2. The van der Waals surface area contributed by atoms with E-state index in [4.69, 9.17) is 4.98 Å². The van der Waals surface area contributed by atoms with Crippen molar-refractivity contribution in [1.29, 1.82) is 0 Å². The number of hydrogen-bond acceptors (Lipinski definition) is 3. The van der Waals surface area contributed by atoms with Crippen LogP contribution in [0.4, 0.5) is 0 Å². The summed E-state index contributed by atoms with van der Waals surface area (Å²) in [4.78, 5) is 10.8. The maximum atomic E-state index is 4.84. The Hall–Kier alpha value is -2.69. The van der Waals surface area contributed by atoms with Crippen LogP contribution < -0.4 is 5.32 Å². The summed E-state index contributed by atoms with van der Waals surface area (Å²) in [5, 5.41) is 6.02. The van der Waals surface area contributed by atoms with Crippen molar-refractivity contribution in [2.24, 2.45) is 0 Å². The predicted octanol–water partition coefficient (Wildman–Crippen LogP) is 4.64. The van der Waals surface area contributed by atoms with Crippen molar-refractivity contribution in [3.63, 3.8) is 0 Å².